The Hall–Kier alpha value is -0.120. The van der Waals surface area contributed by atoms with E-state index in [1.54, 1.807) is 0 Å². The minimum atomic E-state index is -0.387. The van der Waals surface area contributed by atoms with E-state index in [2.05, 4.69) is 12.2 Å². The van der Waals surface area contributed by atoms with Crippen LogP contribution in [0, 0.1) is 5.92 Å². The van der Waals surface area contributed by atoms with Crippen molar-refractivity contribution in [1.29, 1.82) is 0 Å². The van der Waals surface area contributed by atoms with Gasteiger partial charge >= 0.3 is 0 Å². The number of aliphatic hydroxyl groups is 1. The molecule has 0 aromatic carbocycles. The van der Waals surface area contributed by atoms with Gasteiger partial charge in [-0.1, -0.05) is 6.92 Å². The van der Waals surface area contributed by atoms with E-state index < -0.39 is 0 Å². The molecule has 2 N–H and O–H groups in total. The van der Waals surface area contributed by atoms with Crippen molar-refractivity contribution in [3.8, 4) is 0 Å². The van der Waals surface area contributed by atoms with Crippen molar-refractivity contribution in [3.63, 3.8) is 0 Å². The maximum absolute atomic E-state index is 9.59. The number of aliphatic hydroxyl groups excluding tert-OH is 1. The largest absolute Gasteiger partial charge is 0.389 e. The number of rotatable bonds is 5. The molecule has 0 amide bonds. The normalized spacial score (nSPS) is 28.9. The molecular weight excluding hydrogens is 178 g/mol. The molecule has 3 unspecified atom stereocenters. The summed E-state index contributed by atoms with van der Waals surface area (Å²) in [4.78, 5) is 0. The van der Waals surface area contributed by atoms with Gasteiger partial charge in [-0.3, -0.25) is 0 Å². The Labute approximate surface area is 86.8 Å². The summed E-state index contributed by atoms with van der Waals surface area (Å²) in [6, 6.07) is 0.624. The van der Waals surface area contributed by atoms with Gasteiger partial charge in [0.1, 0.15) is 0 Å². The second-order valence-electron chi connectivity index (χ2n) is 5.30. The second kappa shape index (κ2) is 4.60. The average molecular weight is 201 g/mol. The highest BCUT2D eigenvalue weighted by molar-refractivity contribution is 4.89. The molecule has 0 aliphatic heterocycles. The molecule has 3 nitrogen and oxygen atoms in total. The van der Waals surface area contributed by atoms with Crippen LogP contribution in [0.4, 0.5) is 0 Å². The zero-order valence-corrected chi connectivity index (χ0v) is 9.71. The first-order chi connectivity index (χ1) is 6.38. The zero-order chi connectivity index (χ0) is 10.8. The van der Waals surface area contributed by atoms with Crippen LogP contribution in [0.3, 0.4) is 0 Å². The highest BCUT2D eigenvalue weighted by Crippen LogP contribution is 2.28. The minimum absolute atomic E-state index is 0.159. The van der Waals surface area contributed by atoms with Crippen LogP contribution in [0.2, 0.25) is 0 Å². The maximum Gasteiger partial charge on any atom is 0.0898 e. The van der Waals surface area contributed by atoms with Gasteiger partial charge in [-0.15, -0.1) is 0 Å². The van der Waals surface area contributed by atoms with Crippen molar-refractivity contribution in [2.45, 2.75) is 51.9 Å². The predicted molar refractivity (Wildman–Crippen MR) is 57.3 cm³/mol. The Morgan fingerprint density at radius 3 is 2.50 bits per heavy atom. The van der Waals surface area contributed by atoms with Crippen LogP contribution in [0.1, 0.15) is 34.1 Å². The Kier molecular flexibility index (Phi) is 3.93. The lowest BCUT2D eigenvalue weighted by Crippen LogP contribution is -2.35. The second-order valence-corrected chi connectivity index (χ2v) is 5.30. The molecule has 0 spiro atoms. The molecule has 0 heterocycles. The van der Waals surface area contributed by atoms with Crippen molar-refractivity contribution in [2.75, 3.05) is 13.2 Å². The number of nitrogens with one attached hydrogen (secondary N) is 1. The van der Waals surface area contributed by atoms with Crippen molar-refractivity contribution >= 4 is 0 Å². The van der Waals surface area contributed by atoms with E-state index in [4.69, 9.17) is 4.74 Å². The molecule has 1 saturated carbocycles. The van der Waals surface area contributed by atoms with Gasteiger partial charge in [0.2, 0.25) is 0 Å². The van der Waals surface area contributed by atoms with Gasteiger partial charge in [0.05, 0.1) is 18.3 Å². The van der Waals surface area contributed by atoms with Crippen molar-refractivity contribution < 1.29 is 9.84 Å². The van der Waals surface area contributed by atoms with Crippen LogP contribution >= 0.6 is 0 Å². The summed E-state index contributed by atoms with van der Waals surface area (Å²) in [7, 11) is 0. The monoisotopic (exact) mass is 201 g/mol. The standard InChI is InChI=1S/C11H23NO2/c1-8-5-10(8)12-6-9(13)7-14-11(2,3)4/h8-10,12-13H,5-7H2,1-4H3. The van der Waals surface area contributed by atoms with Crippen molar-refractivity contribution in [3.05, 3.63) is 0 Å². The quantitative estimate of drug-likeness (QED) is 0.701. The summed E-state index contributed by atoms with van der Waals surface area (Å²) in [6.45, 7) is 9.26. The minimum Gasteiger partial charge on any atom is -0.389 e. The highest BCUT2D eigenvalue weighted by Gasteiger charge is 2.32. The highest BCUT2D eigenvalue weighted by atomic mass is 16.5. The van der Waals surface area contributed by atoms with Gasteiger partial charge in [-0.05, 0) is 33.1 Å². The summed E-state index contributed by atoms with van der Waals surface area (Å²) < 4.78 is 5.48. The number of hydrogen-bond acceptors (Lipinski definition) is 3. The van der Waals surface area contributed by atoms with Gasteiger partial charge in [0, 0.05) is 12.6 Å². The number of hydrogen-bond donors (Lipinski definition) is 2. The van der Waals surface area contributed by atoms with Crippen LogP contribution in [0.15, 0.2) is 0 Å². The van der Waals surface area contributed by atoms with E-state index in [0.717, 1.165) is 5.92 Å². The maximum atomic E-state index is 9.59. The SMILES string of the molecule is CC1CC1NCC(O)COC(C)(C)C. The van der Waals surface area contributed by atoms with Crippen LogP contribution in [0.5, 0.6) is 0 Å². The fourth-order valence-electron chi connectivity index (χ4n) is 1.30. The smallest absolute Gasteiger partial charge is 0.0898 e. The zero-order valence-electron chi connectivity index (χ0n) is 9.71. The summed E-state index contributed by atoms with van der Waals surface area (Å²) in [5.74, 6) is 0.783. The van der Waals surface area contributed by atoms with Gasteiger partial charge < -0.3 is 15.2 Å². The first kappa shape index (κ1) is 12.0. The third-order valence-corrected chi connectivity index (χ3v) is 2.43. The van der Waals surface area contributed by atoms with E-state index in [-0.39, 0.29) is 11.7 Å². The van der Waals surface area contributed by atoms with E-state index in [0.29, 0.717) is 19.2 Å². The Bertz CT molecular complexity index is 177. The van der Waals surface area contributed by atoms with E-state index in [1.165, 1.54) is 6.42 Å². The molecule has 0 bridgehead atoms. The van der Waals surface area contributed by atoms with Crippen molar-refractivity contribution in [2.24, 2.45) is 5.92 Å². The molecule has 0 saturated heterocycles. The third-order valence-electron chi connectivity index (χ3n) is 2.43. The van der Waals surface area contributed by atoms with Crippen LogP contribution in [-0.2, 0) is 4.74 Å². The summed E-state index contributed by atoms with van der Waals surface area (Å²) in [5.41, 5.74) is -0.159. The summed E-state index contributed by atoms with van der Waals surface area (Å²) in [5, 5.41) is 12.9. The lowest BCUT2D eigenvalue weighted by atomic mass is 10.2. The Morgan fingerprint density at radius 2 is 2.07 bits per heavy atom. The summed E-state index contributed by atoms with van der Waals surface area (Å²) in [6.07, 6.45) is 0.856. The van der Waals surface area contributed by atoms with E-state index >= 15 is 0 Å². The van der Waals surface area contributed by atoms with Gasteiger partial charge in [0.25, 0.3) is 0 Å². The molecule has 0 radical (unpaired) electrons. The molecule has 14 heavy (non-hydrogen) atoms. The molecule has 84 valence electrons. The average Bonchev–Trinajstić information content (AvgIpc) is 2.73. The fourth-order valence-corrected chi connectivity index (χ4v) is 1.30. The predicted octanol–water partition coefficient (Wildman–Crippen LogP) is 1.16. The molecule has 3 atom stereocenters. The molecule has 1 aliphatic carbocycles. The summed E-state index contributed by atoms with van der Waals surface area (Å²) >= 11 is 0. The van der Waals surface area contributed by atoms with Crippen LogP contribution in [-0.4, -0.2) is 36.0 Å². The van der Waals surface area contributed by atoms with Crippen LogP contribution < -0.4 is 5.32 Å². The molecular formula is C11H23NO2. The van der Waals surface area contributed by atoms with Crippen LogP contribution in [0.25, 0.3) is 0 Å². The molecule has 1 aliphatic rings. The third kappa shape index (κ3) is 4.94. The first-order valence-electron chi connectivity index (χ1n) is 5.44. The topological polar surface area (TPSA) is 41.5 Å². The lowest BCUT2D eigenvalue weighted by Gasteiger charge is -2.22. The Balaban J connectivity index is 2.01. The first-order valence-corrected chi connectivity index (χ1v) is 5.44. The molecule has 1 rings (SSSR count). The van der Waals surface area contributed by atoms with Gasteiger partial charge in [-0.2, -0.15) is 0 Å². The fraction of sp³-hybridized carbons (Fsp3) is 1.00. The number of ether oxygens (including phenoxy) is 1. The van der Waals surface area contributed by atoms with Gasteiger partial charge in [0.15, 0.2) is 0 Å². The van der Waals surface area contributed by atoms with E-state index in [1.807, 2.05) is 20.8 Å². The molecule has 0 aromatic heterocycles. The lowest BCUT2D eigenvalue weighted by molar-refractivity contribution is -0.0479. The molecule has 1 fully saturated rings. The van der Waals surface area contributed by atoms with Crippen molar-refractivity contribution in [1.82, 2.24) is 5.32 Å². The molecule has 0 aromatic rings. The molecule has 3 heteroatoms. The van der Waals surface area contributed by atoms with Gasteiger partial charge in [-0.25, -0.2) is 0 Å². The van der Waals surface area contributed by atoms with E-state index in [9.17, 15) is 5.11 Å². The Morgan fingerprint density at radius 1 is 1.50 bits per heavy atom.